The highest BCUT2D eigenvalue weighted by Crippen LogP contribution is 2.39. The minimum Gasteiger partial charge on any atom is -0.354 e. The van der Waals surface area contributed by atoms with Crippen molar-refractivity contribution in [1.29, 1.82) is 0 Å². The summed E-state index contributed by atoms with van der Waals surface area (Å²) in [6.07, 6.45) is 3.20. The molecule has 182 valence electrons. The average Bonchev–Trinajstić information content (AvgIpc) is 3.29. The number of benzene rings is 2. The molecule has 2 aromatic carbocycles. The van der Waals surface area contributed by atoms with Crippen LogP contribution in [0.4, 0.5) is 5.82 Å². The number of hydrogen-bond donors (Lipinski definition) is 1. The van der Waals surface area contributed by atoms with Gasteiger partial charge < -0.3 is 9.80 Å². The molecule has 1 aliphatic heterocycles. The number of piperazine rings is 1. The number of nitrogens with one attached hydrogen (secondary N) is 1. The molecule has 5 rings (SSSR count). The summed E-state index contributed by atoms with van der Waals surface area (Å²) in [5.41, 5.74) is 4.65. The number of likely N-dealkylation sites (N-methyl/N-ethyl adjacent to an activating group) is 1. The number of carbonyl (C=O) groups is 1. The lowest BCUT2D eigenvalue weighted by Gasteiger charge is -2.33. The highest BCUT2D eigenvalue weighted by molar-refractivity contribution is 7.90. The van der Waals surface area contributed by atoms with Crippen LogP contribution >= 0.6 is 0 Å². The zero-order valence-electron chi connectivity index (χ0n) is 20.1. The maximum Gasteiger partial charge on any atom is 0.264 e. The van der Waals surface area contributed by atoms with E-state index in [9.17, 15) is 13.2 Å². The summed E-state index contributed by atoms with van der Waals surface area (Å²) < 4.78 is 28.0. The first-order valence-electron chi connectivity index (χ1n) is 12.0. The lowest BCUT2D eigenvalue weighted by atomic mass is 9.95. The molecule has 35 heavy (non-hydrogen) atoms. The van der Waals surface area contributed by atoms with Gasteiger partial charge in [0.2, 0.25) is 5.91 Å². The number of sulfonamides is 1. The number of amides is 1. The molecule has 1 saturated heterocycles. The normalized spacial score (nSPS) is 18.3. The van der Waals surface area contributed by atoms with Crippen LogP contribution in [0, 0.1) is 6.92 Å². The third kappa shape index (κ3) is 4.68. The molecule has 1 aliphatic carbocycles. The van der Waals surface area contributed by atoms with Crippen LogP contribution in [0.1, 0.15) is 29.0 Å². The second-order valence-electron chi connectivity index (χ2n) is 9.40. The van der Waals surface area contributed by atoms with Crippen LogP contribution in [0.5, 0.6) is 0 Å². The number of rotatable bonds is 5. The molecule has 3 aromatic rings. The zero-order chi connectivity index (χ0) is 24.6. The van der Waals surface area contributed by atoms with E-state index < -0.39 is 21.8 Å². The Hall–Kier alpha value is -3.23. The van der Waals surface area contributed by atoms with Gasteiger partial charge in [0.05, 0.1) is 10.8 Å². The Morgan fingerprint density at radius 1 is 1.00 bits per heavy atom. The quantitative estimate of drug-likeness (QED) is 0.591. The first kappa shape index (κ1) is 23.5. The number of anilines is 1. The molecule has 8 heteroatoms. The summed E-state index contributed by atoms with van der Waals surface area (Å²) in [6.45, 7) is 5.70. The molecule has 0 radical (unpaired) electrons. The molecule has 1 fully saturated rings. The third-order valence-corrected chi connectivity index (χ3v) is 8.60. The van der Waals surface area contributed by atoms with E-state index in [4.69, 9.17) is 4.98 Å². The Labute approximate surface area is 206 Å². The van der Waals surface area contributed by atoms with Gasteiger partial charge in [0.1, 0.15) is 5.82 Å². The Bertz CT molecular complexity index is 1350. The molecule has 0 spiro atoms. The molecule has 1 aromatic heterocycles. The van der Waals surface area contributed by atoms with Gasteiger partial charge >= 0.3 is 0 Å². The van der Waals surface area contributed by atoms with Crippen molar-refractivity contribution in [1.82, 2.24) is 14.6 Å². The van der Waals surface area contributed by atoms with Gasteiger partial charge in [-0.1, -0.05) is 36.4 Å². The number of aromatic nitrogens is 1. The molecule has 2 aliphatic rings. The van der Waals surface area contributed by atoms with Gasteiger partial charge in [0, 0.05) is 37.9 Å². The van der Waals surface area contributed by atoms with Crippen molar-refractivity contribution in [3.8, 4) is 11.1 Å². The van der Waals surface area contributed by atoms with E-state index in [0.717, 1.165) is 54.3 Å². The second kappa shape index (κ2) is 9.43. The largest absolute Gasteiger partial charge is 0.354 e. The van der Waals surface area contributed by atoms with Gasteiger partial charge in [-0.05, 0) is 67.3 Å². The van der Waals surface area contributed by atoms with Crippen molar-refractivity contribution in [3.05, 3.63) is 77.5 Å². The van der Waals surface area contributed by atoms with E-state index >= 15 is 0 Å². The van der Waals surface area contributed by atoms with Gasteiger partial charge in [0.15, 0.2) is 0 Å². The van der Waals surface area contributed by atoms with Crippen molar-refractivity contribution < 1.29 is 13.2 Å². The number of pyridine rings is 1. The van der Waals surface area contributed by atoms with E-state index in [1.54, 1.807) is 25.1 Å². The van der Waals surface area contributed by atoms with Crippen molar-refractivity contribution in [3.63, 3.8) is 0 Å². The Morgan fingerprint density at radius 2 is 1.77 bits per heavy atom. The Balaban J connectivity index is 1.36. The summed E-state index contributed by atoms with van der Waals surface area (Å²) in [6, 6.07) is 16.7. The standard InChI is InChI=1S/C27H30N4O3S/c1-19-6-3-4-9-25(19)35(33,34)29-27(32)24-12-11-23-21(7-5-8-22(23)24)20-10-13-26(28-18-20)31-16-14-30(2)15-17-31/h3-10,13,18,24H,11-12,14-17H2,1-2H3,(H,29,32). The van der Waals surface area contributed by atoms with E-state index in [1.807, 2.05) is 18.3 Å². The zero-order valence-corrected chi connectivity index (χ0v) is 20.9. The molecule has 2 heterocycles. The monoisotopic (exact) mass is 490 g/mol. The Morgan fingerprint density at radius 3 is 2.49 bits per heavy atom. The van der Waals surface area contributed by atoms with E-state index in [-0.39, 0.29) is 4.90 Å². The fourth-order valence-electron chi connectivity index (χ4n) is 5.08. The van der Waals surface area contributed by atoms with E-state index in [1.165, 1.54) is 6.07 Å². The van der Waals surface area contributed by atoms with Gasteiger partial charge in [0.25, 0.3) is 10.0 Å². The van der Waals surface area contributed by atoms with Crippen molar-refractivity contribution in [2.24, 2.45) is 0 Å². The van der Waals surface area contributed by atoms with Gasteiger partial charge in [-0.3, -0.25) is 4.79 Å². The van der Waals surface area contributed by atoms with Gasteiger partial charge in [-0.15, -0.1) is 0 Å². The summed E-state index contributed by atoms with van der Waals surface area (Å²) in [5, 5.41) is 0. The predicted octanol–water partition coefficient (Wildman–Crippen LogP) is 3.34. The molecular weight excluding hydrogens is 460 g/mol. The lowest BCUT2D eigenvalue weighted by Crippen LogP contribution is -2.44. The lowest BCUT2D eigenvalue weighted by molar-refractivity contribution is -0.120. The minimum absolute atomic E-state index is 0.131. The third-order valence-electron chi connectivity index (χ3n) is 7.09. The fourth-order valence-corrected chi connectivity index (χ4v) is 6.35. The van der Waals surface area contributed by atoms with Crippen LogP contribution in [0.15, 0.2) is 65.7 Å². The summed E-state index contributed by atoms with van der Waals surface area (Å²) in [7, 11) is -1.79. The summed E-state index contributed by atoms with van der Waals surface area (Å²) in [5.74, 6) is 0.00195. The molecule has 1 atom stereocenters. The highest BCUT2D eigenvalue weighted by Gasteiger charge is 2.33. The predicted molar refractivity (Wildman–Crippen MR) is 137 cm³/mol. The van der Waals surface area contributed by atoms with Crippen LogP contribution in [0.25, 0.3) is 11.1 Å². The molecule has 1 amide bonds. The van der Waals surface area contributed by atoms with Crippen LogP contribution in [0.3, 0.4) is 0 Å². The van der Waals surface area contributed by atoms with Crippen molar-refractivity contribution >= 4 is 21.7 Å². The second-order valence-corrected chi connectivity index (χ2v) is 11.0. The molecule has 0 bridgehead atoms. The molecule has 1 N–H and O–H groups in total. The van der Waals surface area contributed by atoms with E-state index in [0.29, 0.717) is 18.4 Å². The fraction of sp³-hybridized carbons (Fsp3) is 0.333. The number of nitrogens with zero attached hydrogens (tertiary/aromatic N) is 3. The molecule has 7 nitrogen and oxygen atoms in total. The van der Waals surface area contributed by atoms with Gasteiger partial charge in [-0.25, -0.2) is 18.1 Å². The maximum absolute atomic E-state index is 13.1. The summed E-state index contributed by atoms with van der Waals surface area (Å²) in [4.78, 5) is 22.6. The number of carbonyl (C=O) groups excluding carboxylic acids is 1. The van der Waals surface area contributed by atoms with Crippen LogP contribution in [0.2, 0.25) is 0 Å². The number of aryl methyl sites for hydroxylation is 1. The first-order valence-corrected chi connectivity index (χ1v) is 13.5. The number of hydrogen-bond acceptors (Lipinski definition) is 6. The Kier molecular flexibility index (Phi) is 6.34. The van der Waals surface area contributed by atoms with Crippen LogP contribution in [-0.2, 0) is 21.2 Å². The van der Waals surface area contributed by atoms with Crippen LogP contribution in [-0.4, -0.2) is 57.4 Å². The summed E-state index contributed by atoms with van der Waals surface area (Å²) >= 11 is 0. The highest BCUT2D eigenvalue weighted by atomic mass is 32.2. The maximum atomic E-state index is 13.1. The smallest absolute Gasteiger partial charge is 0.264 e. The molecular formula is C27H30N4O3S. The SMILES string of the molecule is Cc1ccccc1S(=O)(=O)NC(=O)C1CCc2c(-c3ccc(N4CCN(C)CC4)nc3)cccc21. The number of fused-ring (bicyclic) bond motifs is 1. The topological polar surface area (TPSA) is 82.6 Å². The molecule has 0 saturated carbocycles. The van der Waals surface area contributed by atoms with Gasteiger partial charge in [-0.2, -0.15) is 0 Å². The molecule has 1 unspecified atom stereocenters. The minimum atomic E-state index is -3.93. The first-order chi connectivity index (χ1) is 16.8. The van der Waals surface area contributed by atoms with Crippen molar-refractivity contribution in [2.45, 2.75) is 30.6 Å². The van der Waals surface area contributed by atoms with Crippen molar-refractivity contribution in [2.75, 3.05) is 38.1 Å². The van der Waals surface area contributed by atoms with E-state index in [2.05, 4.69) is 39.8 Å². The average molecular weight is 491 g/mol. The van der Waals surface area contributed by atoms with Crippen LogP contribution < -0.4 is 9.62 Å².